The largest absolute Gasteiger partial charge is 4.00 e. The van der Waals surface area contributed by atoms with Crippen LogP contribution in [0.2, 0.25) is 17.6 Å². The van der Waals surface area contributed by atoms with E-state index >= 15 is 0 Å². The monoisotopic (exact) mass is 434 g/mol. The van der Waals surface area contributed by atoms with E-state index in [0.29, 0.717) is 0 Å². The molecule has 1 fully saturated rings. The number of rotatable bonds is 4. The maximum absolute atomic E-state index is 2.67. The minimum absolute atomic E-state index is 0. The van der Waals surface area contributed by atoms with Gasteiger partial charge < -0.3 is 43.6 Å². The van der Waals surface area contributed by atoms with Crippen molar-refractivity contribution in [2.75, 3.05) is 0 Å². The molecule has 0 aliphatic heterocycles. The van der Waals surface area contributed by atoms with Crippen molar-refractivity contribution in [1.29, 1.82) is 0 Å². The summed E-state index contributed by atoms with van der Waals surface area (Å²) in [6, 6.07) is 14.1. The van der Waals surface area contributed by atoms with Crippen LogP contribution in [0.15, 0.2) is 54.6 Å². The van der Waals surface area contributed by atoms with Crippen LogP contribution in [0.4, 0.5) is 0 Å². The number of allylic oxidation sites excluding steroid dienone is 4. The molecule has 3 unspecified atom stereocenters. The Hall–Kier alpha value is 0.501. The zero-order valence-corrected chi connectivity index (χ0v) is 19.1. The van der Waals surface area contributed by atoms with E-state index in [1.54, 1.807) is 5.19 Å². The van der Waals surface area contributed by atoms with Gasteiger partial charge in [-0.3, -0.25) is 0 Å². The van der Waals surface area contributed by atoms with E-state index in [-0.39, 0.29) is 58.9 Å². The zero-order valence-electron chi connectivity index (χ0n) is 14.3. The number of hydrogen-bond donors (Lipinski definition) is 0. The molecule has 3 atom stereocenters. The molecule has 0 bridgehead atoms. The first kappa shape index (κ1) is 26.7. The van der Waals surface area contributed by atoms with Crippen molar-refractivity contribution < 1.29 is 58.9 Å². The SMILES string of the molecule is CC[Si](CC)(c1ccccc1)C1[CH-]CC2C=CC=CC21.[Cl-].[Cl-].[Cl-].[Ti+4]. The first-order chi connectivity index (χ1) is 9.81. The van der Waals surface area contributed by atoms with Gasteiger partial charge in [-0.15, -0.1) is 0 Å². The summed E-state index contributed by atoms with van der Waals surface area (Å²) in [5, 5.41) is 1.66. The van der Waals surface area contributed by atoms with E-state index in [1.165, 1.54) is 18.5 Å². The molecule has 5 heteroatoms. The summed E-state index contributed by atoms with van der Waals surface area (Å²) in [5.74, 6) is 1.52. The second kappa shape index (κ2) is 12.0. The standard InChI is InChI=1S/C19H25Si.3ClH.Ti/c1-3-20(4-2,17-11-6-5-7-12-17)19-15-14-16-10-8-9-13-18(16)19;;;;/h5-13,15-16,18-19H,3-4,14H2,1-2H3;3*1H;/q-1;;;;+4/p-3. The molecule has 1 aromatic rings. The second-order valence-corrected chi connectivity index (χ2v) is 11.2. The van der Waals surface area contributed by atoms with E-state index in [4.69, 9.17) is 0 Å². The van der Waals surface area contributed by atoms with Crippen molar-refractivity contribution >= 4 is 13.3 Å². The van der Waals surface area contributed by atoms with E-state index in [2.05, 4.69) is 74.9 Å². The molecule has 0 amide bonds. The summed E-state index contributed by atoms with van der Waals surface area (Å²) in [7, 11) is -1.44. The van der Waals surface area contributed by atoms with Gasteiger partial charge in [-0.2, -0.15) is 12.0 Å². The quantitative estimate of drug-likeness (QED) is 0.332. The Bertz CT molecular complexity index is 515. The van der Waals surface area contributed by atoms with Gasteiger partial charge in [0, 0.05) is 0 Å². The Balaban J connectivity index is 0. The third-order valence-electron chi connectivity index (χ3n) is 5.62. The molecule has 0 spiro atoms. The van der Waals surface area contributed by atoms with Crippen molar-refractivity contribution in [2.24, 2.45) is 11.8 Å². The van der Waals surface area contributed by atoms with E-state index in [1.807, 2.05) is 0 Å². The molecule has 2 aliphatic rings. The van der Waals surface area contributed by atoms with Crippen LogP contribution in [-0.2, 0) is 21.7 Å². The normalized spacial score (nSPS) is 23.8. The molecule has 0 aromatic heterocycles. The molecular weight excluding hydrogens is 411 g/mol. The third-order valence-corrected chi connectivity index (χ3v) is 11.5. The molecule has 0 saturated heterocycles. The van der Waals surface area contributed by atoms with Crippen LogP contribution in [0.5, 0.6) is 0 Å². The maximum atomic E-state index is 2.67. The van der Waals surface area contributed by atoms with Crippen molar-refractivity contribution in [3.8, 4) is 0 Å². The number of hydrogen-bond acceptors (Lipinski definition) is 0. The minimum Gasteiger partial charge on any atom is -1.00 e. The zero-order chi connectivity index (χ0) is 14.0. The summed E-state index contributed by atoms with van der Waals surface area (Å²) < 4.78 is 0. The molecule has 0 radical (unpaired) electrons. The number of halogens is 3. The van der Waals surface area contributed by atoms with Crippen molar-refractivity contribution in [2.45, 2.75) is 37.9 Å². The summed E-state index contributed by atoms with van der Waals surface area (Å²) in [6.45, 7) is 4.85. The Labute approximate surface area is 182 Å². The smallest absolute Gasteiger partial charge is 1.00 e. The van der Waals surface area contributed by atoms with Crippen molar-refractivity contribution in [3.63, 3.8) is 0 Å². The molecule has 0 heterocycles. The fraction of sp³-hybridized carbons (Fsp3) is 0.421. The van der Waals surface area contributed by atoms with E-state index in [9.17, 15) is 0 Å². The number of fused-ring (bicyclic) bond motifs is 1. The summed E-state index contributed by atoms with van der Waals surface area (Å²) in [6.07, 6.45) is 13.4. The molecule has 24 heavy (non-hydrogen) atoms. The molecule has 0 N–H and O–H groups in total. The summed E-state index contributed by atoms with van der Waals surface area (Å²) >= 11 is 0. The van der Waals surface area contributed by atoms with Crippen molar-refractivity contribution in [3.05, 3.63) is 61.1 Å². The molecule has 0 nitrogen and oxygen atoms in total. The van der Waals surface area contributed by atoms with Gasteiger partial charge in [0.2, 0.25) is 0 Å². The van der Waals surface area contributed by atoms with E-state index < -0.39 is 8.07 Å². The van der Waals surface area contributed by atoms with Gasteiger partial charge in [0.15, 0.2) is 0 Å². The maximum Gasteiger partial charge on any atom is 4.00 e. The average Bonchev–Trinajstić information content (AvgIpc) is 2.95. The molecule has 130 valence electrons. The van der Waals surface area contributed by atoms with Crippen LogP contribution in [-0.4, -0.2) is 8.07 Å². The first-order valence-electron chi connectivity index (χ1n) is 8.05. The Morgan fingerprint density at radius 2 is 1.54 bits per heavy atom. The third kappa shape index (κ3) is 4.81. The van der Waals surface area contributed by atoms with Gasteiger partial charge in [0.25, 0.3) is 0 Å². The summed E-state index contributed by atoms with van der Waals surface area (Å²) in [4.78, 5) is 0. The second-order valence-electron chi connectivity index (χ2n) is 6.24. The molecule has 3 rings (SSSR count). The first-order valence-corrected chi connectivity index (χ1v) is 10.5. The van der Waals surface area contributed by atoms with Crippen LogP contribution >= 0.6 is 0 Å². The van der Waals surface area contributed by atoms with Crippen LogP contribution in [0, 0.1) is 18.3 Å². The van der Waals surface area contributed by atoms with Crippen LogP contribution in [0.1, 0.15) is 20.3 Å². The molecule has 2 aliphatic carbocycles. The van der Waals surface area contributed by atoms with Crippen molar-refractivity contribution in [1.82, 2.24) is 0 Å². The van der Waals surface area contributed by atoms with Crippen LogP contribution in [0.25, 0.3) is 0 Å². The summed E-state index contributed by atoms with van der Waals surface area (Å²) in [5.41, 5.74) is 0.811. The number of benzene rings is 1. The van der Waals surface area contributed by atoms with Gasteiger partial charge in [-0.05, 0) is 11.8 Å². The topological polar surface area (TPSA) is 0 Å². The Morgan fingerprint density at radius 1 is 0.958 bits per heavy atom. The molecule has 1 saturated carbocycles. The van der Waals surface area contributed by atoms with Gasteiger partial charge in [-0.1, -0.05) is 85.8 Å². The average molecular weight is 436 g/mol. The Morgan fingerprint density at radius 3 is 2.12 bits per heavy atom. The van der Waals surface area contributed by atoms with Gasteiger partial charge >= 0.3 is 21.7 Å². The van der Waals surface area contributed by atoms with E-state index in [0.717, 1.165) is 17.4 Å². The molecule has 1 aromatic carbocycles. The Kier molecular flexibility index (Phi) is 13.4. The van der Waals surface area contributed by atoms with Gasteiger partial charge in [0.1, 0.15) is 0 Å². The molecular formula is C19H25Cl3SiTi. The predicted molar refractivity (Wildman–Crippen MR) is 90.7 cm³/mol. The fourth-order valence-electron chi connectivity index (χ4n) is 4.44. The predicted octanol–water partition coefficient (Wildman–Crippen LogP) is -4.27. The minimum atomic E-state index is -1.44. The van der Waals surface area contributed by atoms with Gasteiger partial charge in [0.05, 0.1) is 8.07 Å². The fourth-order valence-corrected chi connectivity index (χ4v) is 9.62. The van der Waals surface area contributed by atoms with Crippen LogP contribution in [0.3, 0.4) is 0 Å². The van der Waals surface area contributed by atoms with Gasteiger partial charge in [-0.25, -0.2) is 0 Å². The van der Waals surface area contributed by atoms with Crippen LogP contribution < -0.4 is 42.4 Å².